The number of likely N-dealkylation sites (N-methyl/N-ethyl adjacent to an activating group) is 1. The number of carbonyl (C=O) groups is 4. The van der Waals surface area contributed by atoms with Gasteiger partial charge in [0.2, 0.25) is 11.8 Å². The Hall–Kier alpha value is -2.95. The van der Waals surface area contributed by atoms with Crippen molar-refractivity contribution < 1.29 is 48.0 Å². The van der Waals surface area contributed by atoms with Gasteiger partial charge in [0.15, 0.2) is 5.72 Å². The number of methoxy groups -OCH3 is 2. The fourth-order valence-electron chi connectivity index (χ4n) is 6.72. The highest BCUT2D eigenvalue weighted by Gasteiger charge is 2.64. The van der Waals surface area contributed by atoms with E-state index in [1.165, 1.54) is 24.0 Å². The zero-order chi connectivity index (χ0) is 40.0. The number of aliphatic hydroxyl groups is 1. The number of anilines is 1. The molecule has 2 saturated heterocycles. The van der Waals surface area contributed by atoms with Gasteiger partial charge in [-0.3, -0.25) is 14.9 Å². The monoisotopic (exact) mass is 811 g/mol. The maximum atomic E-state index is 14.2. The quantitative estimate of drug-likeness (QED) is 0.122. The summed E-state index contributed by atoms with van der Waals surface area (Å²) >= 11 is 6.77. The number of benzene rings is 1. The van der Waals surface area contributed by atoms with Crippen molar-refractivity contribution in [2.45, 2.75) is 109 Å². The van der Waals surface area contributed by atoms with Gasteiger partial charge in [0.05, 0.1) is 25.3 Å². The number of rotatable bonds is 11. The second kappa shape index (κ2) is 18.8. The van der Waals surface area contributed by atoms with Crippen molar-refractivity contribution in [3.63, 3.8) is 0 Å². The van der Waals surface area contributed by atoms with E-state index < -0.39 is 65.7 Å². The smallest absolute Gasteiger partial charge is 0.409 e. The van der Waals surface area contributed by atoms with E-state index >= 15 is 0 Å². The number of allylic oxidation sites excluding steroid dienone is 3. The molecular formula is C38H54ClN3O10S2. The topological polar surface area (TPSA) is 156 Å². The summed E-state index contributed by atoms with van der Waals surface area (Å²) in [4.78, 5) is 56.6. The molecule has 4 bridgehead atoms. The highest BCUT2D eigenvalue weighted by Crippen LogP contribution is 2.49. The van der Waals surface area contributed by atoms with Crippen molar-refractivity contribution in [1.82, 2.24) is 10.2 Å². The lowest BCUT2D eigenvalue weighted by molar-refractivity contribution is -0.162. The number of hydrogen-bond donors (Lipinski definition) is 2. The Kier molecular flexibility index (Phi) is 15.2. The van der Waals surface area contributed by atoms with Crippen LogP contribution >= 0.6 is 33.2 Å². The van der Waals surface area contributed by atoms with Gasteiger partial charge in [0.25, 0.3) is 0 Å². The summed E-state index contributed by atoms with van der Waals surface area (Å²) in [5.41, 5.74) is -0.883. The molecule has 300 valence electrons. The number of hydrogen-bond acceptors (Lipinski definition) is 12. The van der Waals surface area contributed by atoms with Crippen molar-refractivity contribution in [2.24, 2.45) is 5.92 Å². The van der Waals surface area contributed by atoms with Crippen LogP contribution in [0.3, 0.4) is 0 Å². The molecule has 13 nitrogen and oxygen atoms in total. The van der Waals surface area contributed by atoms with Crippen LogP contribution in [0.2, 0.25) is 5.02 Å². The molecule has 16 heteroatoms. The molecule has 1 aromatic rings. The molecule has 0 aliphatic carbocycles. The summed E-state index contributed by atoms with van der Waals surface area (Å²) in [7, 11) is 9.39. The molecule has 3 aliphatic rings. The molecule has 0 radical (unpaired) electrons. The van der Waals surface area contributed by atoms with Gasteiger partial charge in [-0.25, -0.2) is 9.59 Å². The highest BCUT2D eigenvalue weighted by molar-refractivity contribution is 8.76. The Morgan fingerprint density at radius 3 is 2.59 bits per heavy atom. The molecule has 3 amide bonds. The summed E-state index contributed by atoms with van der Waals surface area (Å²) in [6.45, 7) is 9.14. The number of alkyl carbamates (subject to hydrolysis) is 1. The largest absolute Gasteiger partial charge is 0.495 e. The maximum Gasteiger partial charge on any atom is 0.409 e. The van der Waals surface area contributed by atoms with Crippen LogP contribution in [0.25, 0.3) is 0 Å². The minimum absolute atomic E-state index is 0.0448. The molecule has 3 aliphatic heterocycles. The number of halogens is 1. The Morgan fingerprint density at radius 2 is 1.93 bits per heavy atom. The van der Waals surface area contributed by atoms with E-state index in [1.54, 1.807) is 73.8 Å². The fraction of sp³-hybridized carbons (Fsp3) is 0.632. The van der Waals surface area contributed by atoms with Crippen LogP contribution in [-0.4, -0.2) is 115 Å². The van der Waals surface area contributed by atoms with E-state index in [9.17, 15) is 24.3 Å². The average Bonchev–Trinajstić information content (AvgIpc) is 3.83. The summed E-state index contributed by atoms with van der Waals surface area (Å²) in [5, 5.41) is 14.5. The number of epoxide rings is 1. The fourth-order valence-corrected chi connectivity index (χ4v) is 9.16. The Bertz CT molecular complexity index is 1610. The van der Waals surface area contributed by atoms with Gasteiger partial charge in [-0.2, -0.15) is 0 Å². The zero-order valence-corrected chi connectivity index (χ0v) is 34.9. The second-order valence-electron chi connectivity index (χ2n) is 14.3. The standard InChI is InChI=1S/C38H54ClN3O10S2/c1-10-15-53-54-16-14-31(43)41(6)24(4)35(45)51-30-20-32(44)42(7)26-18-25(19-27(48-8)33(26)39)17-22(2)12-11-13-29(49-9)38(47)21-28(50-36(46)40-38)23(3)34-37(30,5)52-34/h11-13,18-19,23-24,28-30,34,47H,10,14-17,20-21H2,1-9H3,(H,40,46)/b13-11+,22-12+/t23-,24+,28+,29-,30+,34+,37+,38+/m1/s1. The molecule has 2 fully saturated rings. The molecule has 0 aromatic heterocycles. The summed E-state index contributed by atoms with van der Waals surface area (Å²) in [5.74, 6) is 0.109. The maximum absolute atomic E-state index is 14.2. The molecule has 4 rings (SSSR count). The minimum atomic E-state index is -1.82. The SMILES string of the molecule is CCCSSCCC(=O)N(C)[C@@H](C)C(=O)O[C@H]1CC(=O)N(C)c2cc(cc(OC)c2Cl)C/C(C)=C/C=C/[C@@H](OC)[C@@]2(O)C[C@H](OC(=O)N2)[C@@H](C)[C@@H]2O[C@@]12C. The van der Waals surface area contributed by atoms with Crippen LogP contribution in [0.5, 0.6) is 5.75 Å². The van der Waals surface area contributed by atoms with Crippen molar-refractivity contribution in [2.75, 3.05) is 44.7 Å². The lowest BCUT2D eigenvalue weighted by Gasteiger charge is -2.42. The Labute approximate surface area is 331 Å². The molecular weight excluding hydrogens is 758 g/mol. The van der Waals surface area contributed by atoms with Gasteiger partial charge < -0.3 is 38.6 Å². The van der Waals surface area contributed by atoms with Crippen LogP contribution in [0, 0.1) is 5.92 Å². The van der Waals surface area contributed by atoms with E-state index in [1.807, 2.05) is 19.9 Å². The number of amides is 3. The van der Waals surface area contributed by atoms with Gasteiger partial charge in [0, 0.05) is 51.5 Å². The van der Waals surface area contributed by atoms with Crippen molar-refractivity contribution in [3.8, 4) is 5.75 Å². The van der Waals surface area contributed by atoms with Gasteiger partial charge in [-0.1, -0.05) is 70.8 Å². The number of fused-ring (bicyclic) bond motifs is 5. The van der Waals surface area contributed by atoms with Gasteiger partial charge >= 0.3 is 12.1 Å². The lowest BCUT2D eigenvalue weighted by atomic mass is 9.83. The van der Waals surface area contributed by atoms with E-state index in [0.717, 1.165) is 23.3 Å². The summed E-state index contributed by atoms with van der Waals surface area (Å²) in [6.07, 6.45) is 2.30. The number of esters is 1. The first-order valence-corrected chi connectivity index (χ1v) is 20.9. The third kappa shape index (κ3) is 10.3. The van der Waals surface area contributed by atoms with Crippen LogP contribution < -0.4 is 15.0 Å². The summed E-state index contributed by atoms with van der Waals surface area (Å²) < 4.78 is 29.3. The number of nitrogens with zero attached hydrogens (tertiary/aromatic N) is 2. The van der Waals surface area contributed by atoms with Crippen molar-refractivity contribution in [1.29, 1.82) is 0 Å². The summed E-state index contributed by atoms with van der Waals surface area (Å²) in [6, 6.07) is 2.64. The van der Waals surface area contributed by atoms with Gasteiger partial charge in [-0.05, 0) is 51.3 Å². The number of nitrogens with one attached hydrogen (secondary N) is 1. The van der Waals surface area contributed by atoms with Crippen LogP contribution in [0.1, 0.15) is 65.9 Å². The van der Waals surface area contributed by atoms with Crippen LogP contribution in [0.15, 0.2) is 35.9 Å². The third-order valence-corrected chi connectivity index (χ3v) is 13.3. The first-order chi connectivity index (χ1) is 25.5. The van der Waals surface area contributed by atoms with Crippen molar-refractivity contribution in [3.05, 3.63) is 46.5 Å². The first kappa shape index (κ1) is 43.8. The molecule has 0 spiro atoms. The van der Waals surface area contributed by atoms with Crippen LogP contribution in [-0.2, 0) is 39.8 Å². The minimum Gasteiger partial charge on any atom is -0.495 e. The lowest BCUT2D eigenvalue weighted by Crippen LogP contribution is -2.63. The normalized spacial score (nSPS) is 30.8. The van der Waals surface area contributed by atoms with E-state index in [-0.39, 0.29) is 30.2 Å². The van der Waals surface area contributed by atoms with E-state index in [0.29, 0.717) is 23.6 Å². The molecule has 0 saturated carbocycles. The Balaban J connectivity index is 1.70. The highest BCUT2D eigenvalue weighted by atomic mass is 35.5. The number of carbonyl (C=O) groups excluding carboxylic acids is 4. The zero-order valence-electron chi connectivity index (χ0n) is 32.5. The molecule has 0 unspecified atom stereocenters. The van der Waals surface area contributed by atoms with Crippen molar-refractivity contribution >= 4 is 62.8 Å². The molecule has 2 N–H and O–H groups in total. The molecule has 3 heterocycles. The van der Waals surface area contributed by atoms with E-state index in [4.69, 9.17) is 35.3 Å². The molecule has 54 heavy (non-hydrogen) atoms. The number of ether oxygens (including phenoxy) is 5. The molecule has 1 aromatic carbocycles. The predicted molar refractivity (Wildman–Crippen MR) is 211 cm³/mol. The average molecular weight is 812 g/mol. The van der Waals surface area contributed by atoms with E-state index in [2.05, 4.69) is 12.2 Å². The second-order valence-corrected chi connectivity index (χ2v) is 17.4. The van der Waals surface area contributed by atoms with Gasteiger partial charge in [0.1, 0.15) is 40.7 Å². The first-order valence-electron chi connectivity index (χ1n) is 18.1. The van der Waals surface area contributed by atoms with Crippen LogP contribution in [0.4, 0.5) is 10.5 Å². The Morgan fingerprint density at radius 1 is 1.22 bits per heavy atom. The van der Waals surface area contributed by atoms with Gasteiger partial charge in [-0.15, -0.1) is 0 Å². The predicted octanol–water partition coefficient (Wildman–Crippen LogP) is 5.70. The molecule has 8 atom stereocenters. The third-order valence-electron chi connectivity index (χ3n) is 10.3.